The molecular weight excluding hydrogens is 424 g/mol. The molecular formula is C27H19F2NO3. The molecule has 4 aromatic rings. The van der Waals surface area contributed by atoms with E-state index in [2.05, 4.69) is 0 Å². The van der Waals surface area contributed by atoms with Crippen LogP contribution in [0, 0.1) is 11.6 Å². The number of aromatic carboxylic acids is 1. The van der Waals surface area contributed by atoms with Gasteiger partial charge in [0.2, 0.25) is 0 Å². The van der Waals surface area contributed by atoms with Crippen molar-refractivity contribution in [2.24, 2.45) is 0 Å². The number of nitrogens with zero attached hydrogens (tertiary/aromatic N) is 1. The molecule has 0 saturated carbocycles. The van der Waals surface area contributed by atoms with Crippen molar-refractivity contribution in [2.75, 3.05) is 0 Å². The number of hydrogen-bond acceptors (Lipinski definition) is 2. The molecule has 0 radical (unpaired) electrons. The molecule has 0 saturated heterocycles. The number of hydrogen-bond donors (Lipinski definition) is 1. The first kappa shape index (κ1) is 20.8. The van der Waals surface area contributed by atoms with Crippen LogP contribution in [0.2, 0.25) is 0 Å². The average Bonchev–Trinajstić information content (AvgIpc) is 2.79. The summed E-state index contributed by atoms with van der Waals surface area (Å²) >= 11 is 0. The summed E-state index contributed by atoms with van der Waals surface area (Å²) in [5, 5.41) is 9.44. The largest absolute Gasteiger partial charge is 0.477 e. The van der Waals surface area contributed by atoms with Crippen LogP contribution in [0.4, 0.5) is 8.78 Å². The van der Waals surface area contributed by atoms with E-state index in [1.807, 2.05) is 23.6 Å². The number of halogens is 2. The molecule has 4 nitrogen and oxygen atoms in total. The molecule has 1 aliphatic heterocycles. The van der Waals surface area contributed by atoms with Crippen molar-refractivity contribution in [3.63, 3.8) is 0 Å². The molecule has 33 heavy (non-hydrogen) atoms. The van der Waals surface area contributed by atoms with Crippen LogP contribution in [0.3, 0.4) is 0 Å². The van der Waals surface area contributed by atoms with Crippen LogP contribution in [0.25, 0.3) is 33.5 Å². The fourth-order valence-electron chi connectivity index (χ4n) is 4.59. The Bertz CT molecular complexity index is 1450. The highest BCUT2D eigenvalue weighted by Gasteiger charge is 2.27. The van der Waals surface area contributed by atoms with Gasteiger partial charge in [0.1, 0.15) is 17.2 Å². The Kier molecular flexibility index (Phi) is 4.93. The third kappa shape index (κ3) is 3.53. The Morgan fingerprint density at radius 1 is 0.909 bits per heavy atom. The SMILES string of the molecule is CC1Cc2ccc(-c3ccc(F)cc3)c(-c3ccc(F)cc3)c2-c2cc(=O)c(C(=O)O)cn21. The summed E-state index contributed by atoms with van der Waals surface area (Å²) in [5.41, 5.74) is 4.61. The van der Waals surface area contributed by atoms with Crippen molar-refractivity contribution in [1.29, 1.82) is 0 Å². The number of benzene rings is 3. The lowest BCUT2D eigenvalue weighted by molar-refractivity contribution is 0.0694. The first-order valence-electron chi connectivity index (χ1n) is 10.5. The van der Waals surface area contributed by atoms with Crippen molar-refractivity contribution in [3.05, 3.63) is 106 Å². The van der Waals surface area contributed by atoms with Gasteiger partial charge in [0.15, 0.2) is 5.43 Å². The summed E-state index contributed by atoms with van der Waals surface area (Å²) in [5.74, 6) is -2.00. The minimum absolute atomic E-state index is 0.0658. The summed E-state index contributed by atoms with van der Waals surface area (Å²) < 4.78 is 29.1. The number of rotatable bonds is 3. The smallest absolute Gasteiger partial charge is 0.341 e. The zero-order chi connectivity index (χ0) is 23.3. The zero-order valence-electron chi connectivity index (χ0n) is 17.7. The number of pyridine rings is 1. The van der Waals surface area contributed by atoms with E-state index < -0.39 is 11.4 Å². The van der Waals surface area contributed by atoms with Gasteiger partial charge in [-0.1, -0.05) is 36.4 Å². The first-order valence-corrected chi connectivity index (χ1v) is 10.5. The van der Waals surface area contributed by atoms with Crippen molar-refractivity contribution >= 4 is 5.97 Å². The Balaban J connectivity index is 1.87. The van der Waals surface area contributed by atoms with Gasteiger partial charge < -0.3 is 9.67 Å². The van der Waals surface area contributed by atoms with E-state index in [0.29, 0.717) is 12.1 Å². The van der Waals surface area contributed by atoms with Gasteiger partial charge in [0.05, 0.1) is 5.69 Å². The molecule has 0 spiro atoms. The lowest BCUT2D eigenvalue weighted by Crippen LogP contribution is -2.24. The maximum atomic E-state index is 13.7. The van der Waals surface area contributed by atoms with E-state index in [9.17, 15) is 23.5 Å². The molecule has 1 aromatic heterocycles. The highest BCUT2D eigenvalue weighted by Crippen LogP contribution is 2.45. The van der Waals surface area contributed by atoms with E-state index in [-0.39, 0.29) is 23.2 Å². The molecule has 6 heteroatoms. The molecule has 0 amide bonds. The van der Waals surface area contributed by atoms with E-state index in [4.69, 9.17) is 0 Å². The molecule has 1 unspecified atom stereocenters. The maximum absolute atomic E-state index is 13.7. The van der Waals surface area contributed by atoms with Crippen molar-refractivity contribution in [2.45, 2.75) is 19.4 Å². The summed E-state index contributed by atoms with van der Waals surface area (Å²) in [4.78, 5) is 24.2. The summed E-state index contributed by atoms with van der Waals surface area (Å²) in [6.07, 6.45) is 2.02. The highest BCUT2D eigenvalue weighted by atomic mass is 19.1. The molecule has 1 atom stereocenters. The summed E-state index contributed by atoms with van der Waals surface area (Å²) in [6.45, 7) is 1.97. The van der Waals surface area contributed by atoms with Crippen molar-refractivity contribution in [3.8, 4) is 33.5 Å². The molecule has 1 N–H and O–H groups in total. The Hall–Kier alpha value is -4.06. The van der Waals surface area contributed by atoms with Crippen LogP contribution in [0.1, 0.15) is 28.9 Å². The van der Waals surface area contributed by atoms with Gasteiger partial charge in [-0.3, -0.25) is 4.79 Å². The van der Waals surface area contributed by atoms with Crippen molar-refractivity contribution in [1.82, 2.24) is 4.57 Å². The van der Waals surface area contributed by atoms with E-state index >= 15 is 0 Å². The standard InChI is InChI=1S/C27H19F2NO3/c1-15-12-18-6-11-21(16-2-7-19(28)8-3-16)25(17-4-9-20(29)10-5-17)26(18)23-13-24(31)22(27(32)33)14-30(15)23/h2-11,13-15H,12H2,1H3,(H,32,33). The molecule has 3 aromatic carbocycles. The number of carboxylic acid groups (broad SMARTS) is 1. The van der Waals surface area contributed by atoms with E-state index in [1.54, 1.807) is 24.3 Å². The van der Waals surface area contributed by atoms with Gasteiger partial charge in [-0.15, -0.1) is 0 Å². The fourth-order valence-corrected chi connectivity index (χ4v) is 4.59. The third-order valence-corrected chi connectivity index (χ3v) is 6.14. The maximum Gasteiger partial charge on any atom is 0.341 e. The molecule has 164 valence electrons. The topological polar surface area (TPSA) is 59.3 Å². The predicted octanol–water partition coefficient (Wildman–Crippen LogP) is 5.94. The van der Waals surface area contributed by atoms with Gasteiger partial charge in [0.25, 0.3) is 0 Å². The average molecular weight is 443 g/mol. The van der Waals surface area contributed by atoms with Crippen LogP contribution >= 0.6 is 0 Å². The third-order valence-electron chi connectivity index (χ3n) is 6.14. The zero-order valence-corrected chi connectivity index (χ0v) is 17.7. The lowest BCUT2D eigenvalue weighted by atomic mass is 9.82. The minimum Gasteiger partial charge on any atom is -0.477 e. The normalized spacial score (nSPS) is 14.5. The first-order chi connectivity index (χ1) is 15.8. The molecule has 1 aliphatic rings. The quantitative estimate of drug-likeness (QED) is 0.426. The second-order valence-electron chi connectivity index (χ2n) is 8.24. The van der Waals surface area contributed by atoms with E-state index in [0.717, 1.165) is 33.4 Å². The Morgan fingerprint density at radius 2 is 1.52 bits per heavy atom. The van der Waals surface area contributed by atoms with Gasteiger partial charge in [-0.2, -0.15) is 0 Å². The Labute approximate surface area is 188 Å². The molecule has 0 aliphatic carbocycles. The number of fused-ring (bicyclic) bond motifs is 3. The van der Waals surface area contributed by atoms with Crippen LogP contribution in [0.5, 0.6) is 0 Å². The summed E-state index contributed by atoms with van der Waals surface area (Å²) in [6, 6.07) is 17.4. The summed E-state index contributed by atoms with van der Waals surface area (Å²) in [7, 11) is 0. The second kappa shape index (κ2) is 7.81. The van der Waals surface area contributed by atoms with Gasteiger partial charge in [0, 0.05) is 23.9 Å². The monoisotopic (exact) mass is 443 g/mol. The van der Waals surface area contributed by atoms with Gasteiger partial charge in [-0.25, -0.2) is 13.6 Å². The van der Waals surface area contributed by atoms with Gasteiger partial charge in [-0.05, 0) is 65.4 Å². The van der Waals surface area contributed by atoms with E-state index in [1.165, 1.54) is 36.5 Å². The molecule has 2 heterocycles. The minimum atomic E-state index is -1.27. The van der Waals surface area contributed by atoms with Crippen LogP contribution < -0.4 is 5.43 Å². The van der Waals surface area contributed by atoms with Gasteiger partial charge >= 0.3 is 5.97 Å². The predicted molar refractivity (Wildman–Crippen MR) is 122 cm³/mol. The van der Waals surface area contributed by atoms with Crippen LogP contribution in [0.15, 0.2) is 77.7 Å². The lowest BCUT2D eigenvalue weighted by Gasteiger charge is -2.31. The highest BCUT2D eigenvalue weighted by molar-refractivity contribution is 5.96. The van der Waals surface area contributed by atoms with Crippen LogP contribution in [-0.2, 0) is 6.42 Å². The van der Waals surface area contributed by atoms with Crippen LogP contribution in [-0.4, -0.2) is 15.6 Å². The van der Waals surface area contributed by atoms with Crippen molar-refractivity contribution < 1.29 is 18.7 Å². The number of aromatic nitrogens is 1. The molecule has 0 bridgehead atoms. The number of carboxylic acids is 1. The second-order valence-corrected chi connectivity index (χ2v) is 8.24. The molecule has 5 rings (SSSR count). The molecule has 0 fully saturated rings. The Morgan fingerprint density at radius 3 is 2.12 bits per heavy atom. The fraction of sp³-hybridized carbons (Fsp3) is 0.111. The number of carbonyl (C=O) groups is 1.